The zero-order chi connectivity index (χ0) is 8.44. The first-order valence-electron chi connectivity index (χ1n) is 5.58. The smallest absolute Gasteiger partial charge is 0.00111 e. The molecule has 70 valence electrons. The molecule has 2 rings (SSSR count). The van der Waals surface area contributed by atoms with Gasteiger partial charge in [0.2, 0.25) is 0 Å². The molecule has 1 saturated heterocycles. The molecule has 0 aromatic heterocycles. The SMILES string of the molecule is CCCCCC12CCC1CNC2. The van der Waals surface area contributed by atoms with Gasteiger partial charge in [-0.25, -0.2) is 0 Å². The molecular weight excluding hydrogens is 146 g/mol. The van der Waals surface area contributed by atoms with Crippen LogP contribution in [0.2, 0.25) is 0 Å². The van der Waals surface area contributed by atoms with Gasteiger partial charge in [-0.15, -0.1) is 0 Å². The van der Waals surface area contributed by atoms with Crippen molar-refractivity contribution in [1.29, 1.82) is 0 Å². The Kier molecular flexibility index (Phi) is 2.40. The van der Waals surface area contributed by atoms with Crippen molar-refractivity contribution in [3.63, 3.8) is 0 Å². The molecule has 1 N–H and O–H groups in total. The first kappa shape index (κ1) is 8.55. The van der Waals surface area contributed by atoms with E-state index in [0.717, 1.165) is 11.3 Å². The van der Waals surface area contributed by atoms with Crippen molar-refractivity contribution in [1.82, 2.24) is 5.32 Å². The summed E-state index contributed by atoms with van der Waals surface area (Å²) in [7, 11) is 0. The van der Waals surface area contributed by atoms with E-state index >= 15 is 0 Å². The van der Waals surface area contributed by atoms with E-state index in [1.54, 1.807) is 0 Å². The van der Waals surface area contributed by atoms with E-state index in [1.807, 2.05) is 0 Å². The molecule has 12 heavy (non-hydrogen) atoms. The summed E-state index contributed by atoms with van der Waals surface area (Å²) in [6, 6.07) is 0. The van der Waals surface area contributed by atoms with Crippen LogP contribution in [-0.4, -0.2) is 13.1 Å². The van der Waals surface area contributed by atoms with Crippen LogP contribution in [0.4, 0.5) is 0 Å². The van der Waals surface area contributed by atoms with Gasteiger partial charge >= 0.3 is 0 Å². The Balaban J connectivity index is 1.78. The minimum atomic E-state index is 0.773. The highest BCUT2D eigenvalue weighted by Crippen LogP contribution is 2.52. The van der Waals surface area contributed by atoms with Gasteiger partial charge in [-0.05, 0) is 37.1 Å². The fourth-order valence-electron chi connectivity index (χ4n) is 2.95. The van der Waals surface area contributed by atoms with Crippen molar-refractivity contribution < 1.29 is 0 Å². The molecule has 0 bridgehead atoms. The fraction of sp³-hybridized carbons (Fsp3) is 1.00. The molecule has 0 spiro atoms. The summed E-state index contributed by atoms with van der Waals surface area (Å²) in [5.74, 6) is 1.05. The van der Waals surface area contributed by atoms with Gasteiger partial charge in [0.1, 0.15) is 0 Å². The standard InChI is InChI=1S/C11H21N/c1-2-3-4-6-11-7-5-10(11)8-12-9-11/h10,12H,2-9H2,1H3. The molecule has 1 heteroatoms. The van der Waals surface area contributed by atoms with E-state index in [9.17, 15) is 0 Å². The Morgan fingerprint density at radius 1 is 1.42 bits per heavy atom. The molecule has 0 aromatic carbocycles. The van der Waals surface area contributed by atoms with Gasteiger partial charge < -0.3 is 5.32 Å². The van der Waals surface area contributed by atoms with Crippen molar-refractivity contribution >= 4 is 0 Å². The third-order valence-electron chi connectivity index (χ3n) is 4.00. The highest BCUT2D eigenvalue weighted by Gasteiger charge is 2.48. The van der Waals surface area contributed by atoms with Gasteiger partial charge in [0, 0.05) is 6.54 Å². The van der Waals surface area contributed by atoms with Crippen molar-refractivity contribution in [2.75, 3.05) is 13.1 Å². The monoisotopic (exact) mass is 167 g/mol. The molecule has 0 radical (unpaired) electrons. The molecule has 2 unspecified atom stereocenters. The Labute approximate surface area is 75.9 Å². The summed E-state index contributed by atoms with van der Waals surface area (Å²) in [5.41, 5.74) is 0.773. The van der Waals surface area contributed by atoms with E-state index in [4.69, 9.17) is 0 Å². The minimum Gasteiger partial charge on any atom is -0.316 e. The topological polar surface area (TPSA) is 12.0 Å². The summed E-state index contributed by atoms with van der Waals surface area (Å²) in [6.07, 6.45) is 8.78. The van der Waals surface area contributed by atoms with Crippen LogP contribution in [0.3, 0.4) is 0 Å². The van der Waals surface area contributed by atoms with Crippen LogP contribution in [0.15, 0.2) is 0 Å². The molecular formula is C11H21N. The zero-order valence-corrected chi connectivity index (χ0v) is 8.23. The second-order valence-corrected chi connectivity index (χ2v) is 4.69. The number of fused-ring (bicyclic) bond motifs is 1. The maximum atomic E-state index is 3.55. The average Bonchev–Trinajstić information content (AvgIpc) is 2.32. The first-order chi connectivity index (χ1) is 5.87. The highest BCUT2D eigenvalue weighted by atomic mass is 15.0. The molecule has 2 atom stereocenters. The second kappa shape index (κ2) is 3.37. The molecule has 0 amide bonds. The summed E-state index contributed by atoms with van der Waals surface area (Å²) >= 11 is 0. The average molecular weight is 167 g/mol. The number of nitrogens with one attached hydrogen (secondary N) is 1. The van der Waals surface area contributed by atoms with E-state index in [1.165, 1.54) is 51.6 Å². The number of rotatable bonds is 4. The van der Waals surface area contributed by atoms with Gasteiger partial charge in [-0.2, -0.15) is 0 Å². The zero-order valence-electron chi connectivity index (χ0n) is 8.23. The number of unbranched alkanes of at least 4 members (excludes halogenated alkanes) is 2. The van der Waals surface area contributed by atoms with Gasteiger partial charge in [-0.1, -0.05) is 26.2 Å². The van der Waals surface area contributed by atoms with E-state index < -0.39 is 0 Å². The first-order valence-corrected chi connectivity index (χ1v) is 5.58. The molecule has 0 aromatic rings. The summed E-state index contributed by atoms with van der Waals surface area (Å²) in [4.78, 5) is 0. The summed E-state index contributed by atoms with van der Waals surface area (Å²) in [6.45, 7) is 4.93. The Morgan fingerprint density at radius 2 is 2.33 bits per heavy atom. The molecule has 1 aliphatic carbocycles. The lowest BCUT2D eigenvalue weighted by molar-refractivity contribution is 0.0715. The molecule has 1 aliphatic heterocycles. The van der Waals surface area contributed by atoms with Crippen molar-refractivity contribution in [3.05, 3.63) is 0 Å². The van der Waals surface area contributed by atoms with Gasteiger partial charge in [0.05, 0.1) is 0 Å². The van der Waals surface area contributed by atoms with Gasteiger partial charge in [0.25, 0.3) is 0 Å². The van der Waals surface area contributed by atoms with Crippen LogP contribution in [-0.2, 0) is 0 Å². The van der Waals surface area contributed by atoms with Crippen LogP contribution >= 0.6 is 0 Å². The lowest BCUT2D eigenvalue weighted by Gasteiger charge is -2.44. The number of hydrogen-bond acceptors (Lipinski definition) is 1. The Morgan fingerprint density at radius 3 is 2.92 bits per heavy atom. The maximum absolute atomic E-state index is 3.55. The van der Waals surface area contributed by atoms with Crippen LogP contribution in [0, 0.1) is 11.3 Å². The van der Waals surface area contributed by atoms with Crippen molar-refractivity contribution in [3.8, 4) is 0 Å². The quantitative estimate of drug-likeness (QED) is 0.635. The normalized spacial score (nSPS) is 39.2. The largest absolute Gasteiger partial charge is 0.316 e. The predicted molar refractivity (Wildman–Crippen MR) is 52.2 cm³/mol. The van der Waals surface area contributed by atoms with Crippen LogP contribution in [0.5, 0.6) is 0 Å². The Hall–Kier alpha value is -0.0400. The van der Waals surface area contributed by atoms with E-state index in [0.29, 0.717) is 0 Å². The maximum Gasteiger partial charge on any atom is 0.00111 e. The van der Waals surface area contributed by atoms with E-state index in [2.05, 4.69) is 12.2 Å². The minimum absolute atomic E-state index is 0.773. The molecule has 2 fully saturated rings. The van der Waals surface area contributed by atoms with Gasteiger partial charge in [0.15, 0.2) is 0 Å². The second-order valence-electron chi connectivity index (χ2n) is 4.69. The molecule has 2 aliphatic rings. The van der Waals surface area contributed by atoms with Crippen molar-refractivity contribution in [2.45, 2.75) is 45.4 Å². The molecule has 1 saturated carbocycles. The van der Waals surface area contributed by atoms with Crippen LogP contribution in [0.1, 0.15) is 45.4 Å². The fourth-order valence-corrected chi connectivity index (χ4v) is 2.95. The van der Waals surface area contributed by atoms with Crippen molar-refractivity contribution in [2.24, 2.45) is 11.3 Å². The lowest BCUT2D eigenvalue weighted by Crippen LogP contribution is -2.39. The van der Waals surface area contributed by atoms with Gasteiger partial charge in [-0.3, -0.25) is 0 Å². The predicted octanol–water partition coefficient (Wildman–Crippen LogP) is 2.57. The lowest BCUT2D eigenvalue weighted by atomic mass is 9.60. The highest BCUT2D eigenvalue weighted by molar-refractivity contribution is 5.02. The number of hydrogen-bond donors (Lipinski definition) is 1. The van der Waals surface area contributed by atoms with E-state index in [-0.39, 0.29) is 0 Å². The third kappa shape index (κ3) is 1.28. The Bertz CT molecular complexity index is 155. The molecule has 1 heterocycles. The third-order valence-corrected chi connectivity index (χ3v) is 4.00. The van der Waals surface area contributed by atoms with Crippen LogP contribution in [0.25, 0.3) is 0 Å². The summed E-state index contributed by atoms with van der Waals surface area (Å²) in [5, 5.41) is 3.55. The molecule has 1 nitrogen and oxygen atoms in total. The van der Waals surface area contributed by atoms with Crippen LogP contribution < -0.4 is 5.32 Å². The summed E-state index contributed by atoms with van der Waals surface area (Å²) < 4.78 is 0.